The maximum absolute atomic E-state index is 12.7. The number of phenolic OH excluding ortho intramolecular Hbond substituents is 2. The quantitative estimate of drug-likeness (QED) is 0.0216. The summed E-state index contributed by atoms with van der Waals surface area (Å²) in [5, 5.41) is 41.6. The normalized spacial score (nSPS) is 13.1. The molecular formula is C41H34Cl2N10O20S6. The number of aromatic nitrogens is 3. The van der Waals surface area contributed by atoms with Gasteiger partial charge in [0.1, 0.15) is 37.9 Å². The predicted octanol–water partition coefficient (Wildman–Crippen LogP) is 7.00. The standard InChI is InChI=1S/C41H34Cl2N10O20S6/c1-20-3-4-23(15-30(20)50-52-35-32(77(63,64)65)16-28-27(37(35)56)11-12-29(38(28)78(66,67)68)45-33(54)17-74(57)72-18-42)44-40-46-39(43)47-41(48-40)53(2)24-7-10-26-21(13-24)14-31(76(60,61)62)34(36(26)55)51-49-22-5-8-25(9-6-22)75(58,59)19-73-79(69,70)71/h3-16,55-56H,17-19H2,1-2H3,(H,45,54)(H,60,61,62)(H,63,64,65)(H,66,67,68)(H,69,70,71)(H,44,46,47,48). The fourth-order valence-electron chi connectivity index (χ4n) is 7.00. The van der Waals surface area contributed by atoms with Gasteiger partial charge >= 0.3 is 10.4 Å². The van der Waals surface area contributed by atoms with Gasteiger partial charge in [-0.05, 0) is 108 Å². The number of phenols is 2. The second-order valence-electron chi connectivity index (χ2n) is 15.8. The van der Waals surface area contributed by atoms with Crippen molar-refractivity contribution >= 4 is 164 Å². The first-order chi connectivity index (χ1) is 36.7. The van der Waals surface area contributed by atoms with Crippen LogP contribution in [0.15, 0.2) is 125 Å². The molecule has 418 valence electrons. The minimum Gasteiger partial charge on any atom is -0.505 e. The highest BCUT2D eigenvalue weighted by atomic mass is 35.5. The van der Waals surface area contributed by atoms with Crippen molar-refractivity contribution in [3.8, 4) is 11.5 Å². The fourth-order valence-corrected chi connectivity index (χ4v) is 11.7. The number of nitrogens with zero attached hydrogens (tertiary/aromatic N) is 8. The molecule has 38 heteroatoms. The first kappa shape index (κ1) is 59.6. The average molecular weight is 1250 g/mol. The largest absolute Gasteiger partial charge is 0.505 e. The molecule has 1 heterocycles. The molecule has 7 aromatic rings. The molecule has 8 N–H and O–H groups in total. The summed E-state index contributed by atoms with van der Waals surface area (Å²) in [6, 6.07) is 15.6. The zero-order valence-electron chi connectivity index (χ0n) is 39.4. The third-order valence-corrected chi connectivity index (χ3v) is 16.5. The molecule has 30 nitrogen and oxygen atoms in total. The minimum atomic E-state index is -5.39. The molecule has 1 amide bonds. The van der Waals surface area contributed by atoms with Crippen LogP contribution in [0.3, 0.4) is 0 Å². The summed E-state index contributed by atoms with van der Waals surface area (Å²) in [4.78, 5) is 22.8. The molecule has 79 heavy (non-hydrogen) atoms. The molecule has 1 aromatic heterocycles. The Morgan fingerprint density at radius 2 is 1.34 bits per heavy atom. The number of amides is 1. The second kappa shape index (κ2) is 23.0. The molecule has 6 aromatic carbocycles. The van der Waals surface area contributed by atoms with Crippen LogP contribution in [0.2, 0.25) is 5.28 Å². The van der Waals surface area contributed by atoms with Crippen LogP contribution < -0.4 is 15.5 Å². The van der Waals surface area contributed by atoms with E-state index in [0.29, 0.717) is 11.6 Å². The highest BCUT2D eigenvalue weighted by Gasteiger charge is 2.29. The Labute approximate surface area is 458 Å². The maximum atomic E-state index is 12.7. The first-order valence-corrected chi connectivity index (χ1v) is 30.5. The molecule has 0 bridgehead atoms. The van der Waals surface area contributed by atoms with Crippen molar-refractivity contribution in [2.75, 3.05) is 40.3 Å². The summed E-state index contributed by atoms with van der Waals surface area (Å²) in [6.07, 6.45) is 0. The SMILES string of the molecule is Cc1ccc(Nc2nc(Cl)nc(N(C)c3ccc4c(O)c(N=Nc5ccc(S(=O)(=O)COS(=O)(=O)O)cc5)c(S(=O)(=O)O)cc4c3)n2)cc1N=Nc1c(S(=O)(=O)O)cc2c(S(=O)(=O)O)c(NC(=O)CS(=O)OCCl)ccc2c1O. The van der Waals surface area contributed by atoms with Crippen molar-refractivity contribution in [1.29, 1.82) is 0 Å². The number of carbonyl (C=O) groups is 1. The fraction of sp³-hybridized carbons (Fsp3) is 0.122. The molecule has 0 spiro atoms. The van der Waals surface area contributed by atoms with E-state index < -0.39 is 144 Å². The second-order valence-corrected chi connectivity index (χ2v) is 24.7. The van der Waals surface area contributed by atoms with Crippen LogP contribution in [0.4, 0.5) is 51.7 Å². The van der Waals surface area contributed by atoms with Crippen LogP contribution in [0.1, 0.15) is 5.56 Å². The first-order valence-electron chi connectivity index (χ1n) is 21.0. The summed E-state index contributed by atoms with van der Waals surface area (Å²) in [6.45, 7) is 1.56. The molecule has 0 aliphatic carbocycles. The van der Waals surface area contributed by atoms with Crippen LogP contribution in [0.5, 0.6) is 11.5 Å². The number of halogens is 2. The van der Waals surface area contributed by atoms with E-state index >= 15 is 0 Å². The van der Waals surface area contributed by atoms with E-state index in [4.69, 9.17) is 27.8 Å². The van der Waals surface area contributed by atoms with E-state index in [1.54, 1.807) is 6.92 Å². The lowest BCUT2D eigenvalue weighted by Crippen LogP contribution is -2.21. The van der Waals surface area contributed by atoms with Crippen molar-refractivity contribution in [3.63, 3.8) is 0 Å². The number of aromatic hydroxyl groups is 2. The van der Waals surface area contributed by atoms with Crippen LogP contribution >= 0.6 is 23.2 Å². The molecule has 0 fully saturated rings. The van der Waals surface area contributed by atoms with Crippen LogP contribution in [0, 0.1) is 6.92 Å². The average Bonchev–Trinajstić information content (AvgIpc) is 3.56. The zero-order valence-corrected chi connectivity index (χ0v) is 45.8. The number of fused-ring (bicyclic) bond motifs is 2. The van der Waals surface area contributed by atoms with Gasteiger partial charge in [0.25, 0.3) is 30.4 Å². The Hall–Kier alpha value is -7.04. The number of alkyl halides is 1. The van der Waals surface area contributed by atoms with Gasteiger partial charge in [-0.25, -0.2) is 16.8 Å². The number of hydrogen-bond acceptors (Lipinski definition) is 25. The van der Waals surface area contributed by atoms with Gasteiger partial charge in [0.05, 0.1) is 22.0 Å². The molecule has 0 saturated carbocycles. The van der Waals surface area contributed by atoms with E-state index in [2.05, 4.69) is 54.4 Å². The summed E-state index contributed by atoms with van der Waals surface area (Å²) in [5.74, 6) is -5.47. The van der Waals surface area contributed by atoms with Crippen LogP contribution in [-0.2, 0) is 74.8 Å². The van der Waals surface area contributed by atoms with Gasteiger partial charge in [-0.3, -0.25) is 27.2 Å². The monoisotopic (exact) mass is 1250 g/mol. The van der Waals surface area contributed by atoms with Crippen molar-refractivity contribution in [1.82, 2.24) is 15.0 Å². The lowest BCUT2D eigenvalue weighted by Gasteiger charge is -2.19. The van der Waals surface area contributed by atoms with Gasteiger partial charge in [-0.15, -0.1) is 10.2 Å². The van der Waals surface area contributed by atoms with E-state index in [1.165, 1.54) is 48.3 Å². The molecule has 1 unspecified atom stereocenters. The number of benzene rings is 6. The van der Waals surface area contributed by atoms with Gasteiger partial charge in [-0.2, -0.15) is 58.9 Å². The maximum Gasteiger partial charge on any atom is 0.398 e. The number of anilines is 5. The summed E-state index contributed by atoms with van der Waals surface area (Å²) in [5.41, 5.74) is -1.52. The number of nitrogens with one attached hydrogen (secondary N) is 2. The number of azo groups is 2. The molecule has 0 aliphatic rings. The Morgan fingerprint density at radius 1 is 0.722 bits per heavy atom. The third kappa shape index (κ3) is 14.2. The topological polar surface area (TPSA) is 460 Å². The molecule has 0 aliphatic heterocycles. The minimum absolute atomic E-state index is 0.0000714. The summed E-state index contributed by atoms with van der Waals surface area (Å²) in [7, 11) is -23.9. The molecule has 0 radical (unpaired) electrons. The Bertz CT molecular complexity index is 4330. The van der Waals surface area contributed by atoms with Crippen molar-refractivity contribution in [2.45, 2.75) is 26.5 Å². The summed E-state index contributed by atoms with van der Waals surface area (Å²) < 4.78 is 182. The Kier molecular flexibility index (Phi) is 17.3. The Morgan fingerprint density at radius 3 is 1.96 bits per heavy atom. The molecular weight excluding hydrogens is 1220 g/mol. The number of carbonyl (C=O) groups excluding carboxylic acids is 1. The number of hydrogen-bond donors (Lipinski definition) is 8. The van der Waals surface area contributed by atoms with Gasteiger partial charge in [0.15, 0.2) is 28.5 Å². The van der Waals surface area contributed by atoms with E-state index in [-0.39, 0.29) is 50.7 Å². The van der Waals surface area contributed by atoms with Gasteiger partial charge in [0.2, 0.25) is 32.9 Å². The van der Waals surface area contributed by atoms with Crippen molar-refractivity contribution in [2.24, 2.45) is 20.5 Å². The lowest BCUT2D eigenvalue weighted by molar-refractivity contribution is -0.113. The van der Waals surface area contributed by atoms with Crippen LogP contribution in [-0.4, -0.2) is 120 Å². The highest BCUT2D eigenvalue weighted by Crippen LogP contribution is 2.46. The zero-order chi connectivity index (χ0) is 58.2. The number of aryl methyl sites for hydroxylation is 1. The Balaban J connectivity index is 1.16. The van der Waals surface area contributed by atoms with E-state index in [0.717, 1.165) is 42.5 Å². The smallest absolute Gasteiger partial charge is 0.398 e. The van der Waals surface area contributed by atoms with Gasteiger partial charge in [0, 0.05) is 34.6 Å². The van der Waals surface area contributed by atoms with Crippen molar-refractivity contribution in [3.05, 3.63) is 95.8 Å². The summed E-state index contributed by atoms with van der Waals surface area (Å²) >= 11 is 9.39. The lowest BCUT2D eigenvalue weighted by atomic mass is 10.1. The third-order valence-electron chi connectivity index (χ3n) is 10.6. The molecule has 0 saturated heterocycles. The van der Waals surface area contributed by atoms with Gasteiger partial charge in [-0.1, -0.05) is 17.7 Å². The van der Waals surface area contributed by atoms with Gasteiger partial charge < -0.3 is 25.7 Å². The molecule has 7 rings (SSSR count). The predicted molar refractivity (Wildman–Crippen MR) is 281 cm³/mol. The van der Waals surface area contributed by atoms with Crippen LogP contribution in [0.25, 0.3) is 21.5 Å². The number of rotatable bonds is 20. The highest BCUT2D eigenvalue weighted by molar-refractivity contribution is 7.92. The van der Waals surface area contributed by atoms with E-state index in [9.17, 15) is 75.0 Å². The van der Waals surface area contributed by atoms with Crippen molar-refractivity contribution < 1.29 is 87.9 Å². The van der Waals surface area contributed by atoms with E-state index in [1.807, 2.05) is 0 Å². The molecule has 1 atom stereocenters. The number of sulfone groups is 1.